The quantitative estimate of drug-likeness (QED) is 0.760. The Morgan fingerprint density at radius 1 is 1.53 bits per heavy atom. The van der Waals surface area contributed by atoms with Crippen LogP contribution in [0.1, 0.15) is 39.5 Å². The highest BCUT2D eigenvalue weighted by molar-refractivity contribution is 5.87. The molecule has 0 aromatic carbocycles. The fourth-order valence-electron chi connectivity index (χ4n) is 1.99. The number of amides is 1. The molecule has 0 aliphatic carbocycles. The van der Waals surface area contributed by atoms with Gasteiger partial charge in [-0.15, -0.1) is 0 Å². The number of hydrogen-bond donors (Lipinski definition) is 2. The number of ether oxygens (including phenoxy) is 1. The van der Waals surface area contributed by atoms with Crippen LogP contribution in [0.5, 0.6) is 0 Å². The monoisotopic (exact) mass is 243 g/mol. The fourth-order valence-corrected chi connectivity index (χ4v) is 1.99. The van der Waals surface area contributed by atoms with E-state index in [0.29, 0.717) is 19.6 Å². The number of rotatable bonds is 5. The number of carbonyl (C=O) groups is 2. The summed E-state index contributed by atoms with van der Waals surface area (Å²) in [5.74, 6) is -1.18. The lowest BCUT2D eigenvalue weighted by atomic mass is 9.83. The second kappa shape index (κ2) is 6.00. The van der Waals surface area contributed by atoms with Gasteiger partial charge in [0.15, 0.2) is 0 Å². The standard InChI is InChI=1S/C12H21NO4/c1-3-5-9(10(14)15)13-11(16)12(2)6-4-7-17-8-12/h9H,3-8H2,1-2H3,(H,13,16)(H,14,15). The molecule has 2 atom stereocenters. The van der Waals surface area contributed by atoms with Gasteiger partial charge in [0.1, 0.15) is 6.04 Å². The minimum absolute atomic E-state index is 0.210. The lowest BCUT2D eigenvalue weighted by Crippen LogP contribution is -2.50. The summed E-state index contributed by atoms with van der Waals surface area (Å²) in [4.78, 5) is 23.0. The molecule has 2 unspecified atom stereocenters. The molecule has 0 aromatic heterocycles. The number of carbonyl (C=O) groups excluding carboxylic acids is 1. The molecule has 1 fully saturated rings. The summed E-state index contributed by atoms with van der Waals surface area (Å²) in [6.07, 6.45) is 2.77. The van der Waals surface area contributed by atoms with E-state index in [2.05, 4.69) is 5.32 Å². The summed E-state index contributed by atoms with van der Waals surface area (Å²) in [6.45, 7) is 4.78. The van der Waals surface area contributed by atoms with Gasteiger partial charge in [-0.2, -0.15) is 0 Å². The van der Waals surface area contributed by atoms with Crippen LogP contribution in [0, 0.1) is 5.41 Å². The van der Waals surface area contributed by atoms with Crippen molar-refractivity contribution in [2.45, 2.75) is 45.6 Å². The van der Waals surface area contributed by atoms with Gasteiger partial charge in [-0.1, -0.05) is 13.3 Å². The van der Waals surface area contributed by atoms with E-state index in [9.17, 15) is 9.59 Å². The van der Waals surface area contributed by atoms with Gasteiger partial charge in [-0.3, -0.25) is 4.79 Å². The number of hydrogen-bond acceptors (Lipinski definition) is 3. The van der Waals surface area contributed by atoms with Gasteiger partial charge < -0.3 is 15.2 Å². The number of aliphatic carboxylic acids is 1. The molecule has 1 heterocycles. The van der Waals surface area contributed by atoms with Crippen LogP contribution in [-0.4, -0.2) is 36.2 Å². The van der Waals surface area contributed by atoms with Crippen LogP contribution in [0.2, 0.25) is 0 Å². The molecule has 0 spiro atoms. The van der Waals surface area contributed by atoms with Crippen molar-refractivity contribution in [3.05, 3.63) is 0 Å². The van der Waals surface area contributed by atoms with E-state index in [-0.39, 0.29) is 5.91 Å². The molecule has 2 N–H and O–H groups in total. The van der Waals surface area contributed by atoms with Gasteiger partial charge in [0.05, 0.1) is 12.0 Å². The third kappa shape index (κ3) is 3.70. The van der Waals surface area contributed by atoms with Crippen molar-refractivity contribution in [1.82, 2.24) is 5.32 Å². The summed E-state index contributed by atoms with van der Waals surface area (Å²) in [5.41, 5.74) is -0.584. The maximum atomic E-state index is 12.1. The van der Waals surface area contributed by atoms with Gasteiger partial charge >= 0.3 is 5.97 Å². The van der Waals surface area contributed by atoms with E-state index in [1.807, 2.05) is 13.8 Å². The molecule has 5 heteroatoms. The highest BCUT2D eigenvalue weighted by Gasteiger charge is 2.37. The van der Waals surface area contributed by atoms with E-state index in [0.717, 1.165) is 19.3 Å². The SMILES string of the molecule is CCCC(NC(=O)C1(C)CCCOC1)C(=O)O. The van der Waals surface area contributed by atoms with E-state index in [4.69, 9.17) is 9.84 Å². The fraction of sp³-hybridized carbons (Fsp3) is 0.833. The van der Waals surface area contributed by atoms with Crippen molar-refractivity contribution in [3.8, 4) is 0 Å². The minimum Gasteiger partial charge on any atom is -0.480 e. The Morgan fingerprint density at radius 3 is 2.71 bits per heavy atom. The molecule has 1 saturated heterocycles. The van der Waals surface area contributed by atoms with Gasteiger partial charge in [0.25, 0.3) is 0 Å². The highest BCUT2D eigenvalue weighted by Crippen LogP contribution is 2.28. The van der Waals surface area contributed by atoms with Gasteiger partial charge in [0, 0.05) is 6.61 Å². The molecular weight excluding hydrogens is 222 g/mol. The molecule has 0 bridgehead atoms. The zero-order valence-corrected chi connectivity index (χ0v) is 10.5. The van der Waals surface area contributed by atoms with Crippen LogP contribution < -0.4 is 5.32 Å². The summed E-state index contributed by atoms with van der Waals surface area (Å²) >= 11 is 0. The molecule has 1 aliphatic heterocycles. The Bertz CT molecular complexity index is 284. The third-order valence-corrected chi connectivity index (χ3v) is 3.17. The topological polar surface area (TPSA) is 75.6 Å². The van der Waals surface area contributed by atoms with Crippen LogP contribution >= 0.6 is 0 Å². The Balaban J connectivity index is 2.59. The van der Waals surface area contributed by atoms with Crippen molar-refractivity contribution in [2.75, 3.05) is 13.2 Å². The first kappa shape index (κ1) is 14.0. The normalized spacial score (nSPS) is 26.2. The van der Waals surface area contributed by atoms with Crippen LogP contribution in [0.4, 0.5) is 0 Å². The first-order valence-corrected chi connectivity index (χ1v) is 6.11. The molecule has 1 rings (SSSR count). The van der Waals surface area contributed by atoms with Gasteiger partial charge in [-0.05, 0) is 26.2 Å². The predicted octanol–water partition coefficient (Wildman–Crippen LogP) is 1.17. The van der Waals surface area contributed by atoms with E-state index in [1.165, 1.54) is 0 Å². The number of carboxylic acid groups (broad SMARTS) is 1. The molecule has 5 nitrogen and oxygen atoms in total. The van der Waals surface area contributed by atoms with Gasteiger partial charge in [0.2, 0.25) is 5.91 Å². The Morgan fingerprint density at radius 2 is 2.24 bits per heavy atom. The van der Waals surface area contributed by atoms with Crippen LogP contribution in [0.3, 0.4) is 0 Å². The average molecular weight is 243 g/mol. The Kier molecular flexibility index (Phi) is 4.93. The maximum Gasteiger partial charge on any atom is 0.326 e. The molecule has 0 radical (unpaired) electrons. The summed E-state index contributed by atoms with van der Waals surface area (Å²) in [6, 6.07) is -0.786. The largest absolute Gasteiger partial charge is 0.480 e. The molecular formula is C12H21NO4. The average Bonchev–Trinajstić information content (AvgIpc) is 2.29. The molecule has 0 aromatic rings. The maximum absolute atomic E-state index is 12.1. The molecule has 1 aliphatic rings. The van der Waals surface area contributed by atoms with E-state index < -0.39 is 17.4 Å². The molecule has 0 saturated carbocycles. The Hall–Kier alpha value is -1.10. The second-order valence-electron chi connectivity index (χ2n) is 4.87. The zero-order chi connectivity index (χ0) is 12.9. The number of nitrogens with one attached hydrogen (secondary N) is 1. The van der Waals surface area contributed by atoms with Crippen LogP contribution in [0.25, 0.3) is 0 Å². The zero-order valence-electron chi connectivity index (χ0n) is 10.5. The first-order valence-electron chi connectivity index (χ1n) is 6.11. The minimum atomic E-state index is -0.972. The van der Waals surface area contributed by atoms with E-state index in [1.54, 1.807) is 0 Å². The second-order valence-corrected chi connectivity index (χ2v) is 4.87. The van der Waals surface area contributed by atoms with Crippen molar-refractivity contribution >= 4 is 11.9 Å². The van der Waals surface area contributed by atoms with Crippen molar-refractivity contribution < 1.29 is 19.4 Å². The summed E-state index contributed by atoms with van der Waals surface area (Å²) in [7, 11) is 0. The van der Waals surface area contributed by atoms with E-state index >= 15 is 0 Å². The third-order valence-electron chi connectivity index (χ3n) is 3.17. The lowest BCUT2D eigenvalue weighted by Gasteiger charge is -2.32. The molecule has 98 valence electrons. The lowest BCUT2D eigenvalue weighted by molar-refractivity contribution is -0.146. The number of carboxylic acids is 1. The molecule has 1 amide bonds. The smallest absolute Gasteiger partial charge is 0.326 e. The summed E-state index contributed by atoms with van der Waals surface area (Å²) in [5, 5.41) is 11.6. The molecule has 17 heavy (non-hydrogen) atoms. The Labute approximate surface area is 102 Å². The van der Waals surface area contributed by atoms with Crippen molar-refractivity contribution in [1.29, 1.82) is 0 Å². The predicted molar refractivity (Wildman–Crippen MR) is 62.6 cm³/mol. The van der Waals surface area contributed by atoms with Crippen LogP contribution in [0.15, 0.2) is 0 Å². The highest BCUT2D eigenvalue weighted by atomic mass is 16.5. The van der Waals surface area contributed by atoms with Gasteiger partial charge in [-0.25, -0.2) is 4.79 Å². The van der Waals surface area contributed by atoms with Crippen LogP contribution in [-0.2, 0) is 14.3 Å². The first-order chi connectivity index (χ1) is 7.99. The summed E-state index contributed by atoms with van der Waals surface area (Å²) < 4.78 is 5.30. The van der Waals surface area contributed by atoms with Crippen molar-refractivity contribution in [3.63, 3.8) is 0 Å². The van der Waals surface area contributed by atoms with Crippen molar-refractivity contribution in [2.24, 2.45) is 5.41 Å².